The van der Waals surface area contributed by atoms with Crippen LogP contribution in [0.15, 0.2) is 18.2 Å². The van der Waals surface area contributed by atoms with Gasteiger partial charge in [-0.1, -0.05) is 6.07 Å². The fourth-order valence-corrected chi connectivity index (χ4v) is 2.87. The van der Waals surface area contributed by atoms with Crippen molar-refractivity contribution in [2.24, 2.45) is 0 Å². The molecule has 2 aliphatic rings. The summed E-state index contributed by atoms with van der Waals surface area (Å²) < 4.78 is 43.4. The molecule has 2 atom stereocenters. The van der Waals surface area contributed by atoms with Crippen molar-refractivity contribution < 1.29 is 23.0 Å². The second-order valence-corrected chi connectivity index (χ2v) is 5.88. The molecule has 0 unspecified atom stereocenters. The second-order valence-electron chi connectivity index (χ2n) is 5.88. The van der Waals surface area contributed by atoms with Gasteiger partial charge >= 0.3 is 0 Å². The van der Waals surface area contributed by atoms with Crippen molar-refractivity contribution in [2.75, 3.05) is 26.4 Å². The van der Waals surface area contributed by atoms with Crippen LogP contribution in [0.2, 0.25) is 0 Å². The van der Waals surface area contributed by atoms with Gasteiger partial charge in [0.05, 0.1) is 25.9 Å². The molecule has 0 bridgehead atoms. The van der Waals surface area contributed by atoms with E-state index < -0.39 is 17.4 Å². The number of benzene rings is 1. The van der Waals surface area contributed by atoms with Crippen LogP contribution in [-0.2, 0) is 14.2 Å². The molecule has 2 fully saturated rings. The highest BCUT2D eigenvalue weighted by atomic mass is 19.2. The summed E-state index contributed by atoms with van der Waals surface area (Å²) in [6.45, 7) is 4.36. The summed E-state index contributed by atoms with van der Waals surface area (Å²) in [5, 5.41) is 3.28. The molecule has 0 aromatic heterocycles. The Hall–Kier alpha value is -1.08. The molecule has 0 amide bonds. The summed E-state index contributed by atoms with van der Waals surface area (Å²) in [4.78, 5) is 0. The quantitative estimate of drug-likeness (QED) is 0.927. The van der Waals surface area contributed by atoms with Crippen molar-refractivity contribution in [3.63, 3.8) is 0 Å². The summed E-state index contributed by atoms with van der Waals surface area (Å²) in [6.07, 6.45) is 1.47. The number of halogens is 2. The predicted molar refractivity (Wildman–Crippen MR) is 76.4 cm³/mol. The lowest BCUT2D eigenvalue weighted by Crippen LogP contribution is -2.39. The van der Waals surface area contributed by atoms with Gasteiger partial charge in [0.2, 0.25) is 0 Å². The topological polar surface area (TPSA) is 39.7 Å². The van der Waals surface area contributed by atoms with Gasteiger partial charge in [-0.2, -0.15) is 0 Å². The van der Waals surface area contributed by atoms with E-state index in [0.29, 0.717) is 31.9 Å². The van der Waals surface area contributed by atoms with E-state index in [1.54, 1.807) is 6.07 Å². The average molecular weight is 313 g/mol. The van der Waals surface area contributed by atoms with Gasteiger partial charge in [-0.05, 0) is 24.6 Å². The van der Waals surface area contributed by atoms with E-state index in [0.717, 1.165) is 18.9 Å². The minimum atomic E-state index is -0.829. The van der Waals surface area contributed by atoms with Crippen LogP contribution in [0.25, 0.3) is 0 Å². The highest BCUT2D eigenvalue weighted by molar-refractivity contribution is 5.20. The molecule has 4 nitrogen and oxygen atoms in total. The lowest BCUT2D eigenvalue weighted by molar-refractivity contribution is -0.210. The highest BCUT2D eigenvalue weighted by Gasteiger charge is 2.42. The first kappa shape index (κ1) is 15.8. The standard InChI is InChI=1S/C16H21F2NO3/c1-11(12-2-3-14(17)15(18)8-12)19-9-13-10-21-16(22-13)4-6-20-7-5-16/h2-3,8,11,13,19H,4-7,9-10H2,1H3/t11-,13+/m0/s1. The molecule has 3 rings (SSSR count). The molecule has 0 radical (unpaired) electrons. The van der Waals surface area contributed by atoms with E-state index in [-0.39, 0.29) is 12.1 Å². The maximum Gasteiger partial charge on any atom is 0.173 e. The smallest absolute Gasteiger partial charge is 0.173 e. The summed E-state index contributed by atoms with van der Waals surface area (Å²) in [5.74, 6) is -2.15. The SMILES string of the molecule is C[C@H](NC[C@@H]1COC2(CCOCC2)O1)c1ccc(F)c(F)c1. The molecule has 6 heteroatoms. The normalized spacial score (nSPS) is 25.5. The number of ether oxygens (including phenoxy) is 3. The molecule has 22 heavy (non-hydrogen) atoms. The van der Waals surface area contributed by atoms with Gasteiger partial charge in [0.25, 0.3) is 0 Å². The fraction of sp³-hybridized carbons (Fsp3) is 0.625. The largest absolute Gasteiger partial charge is 0.381 e. The minimum absolute atomic E-state index is 0.0363. The third-order valence-corrected chi connectivity index (χ3v) is 4.26. The van der Waals surface area contributed by atoms with Gasteiger partial charge in [-0.25, -0.2) is 8.78 Å². The monoisotopic (exact) mass is 313 g/mol. The highest BCUT2D eigenvalue weighted by Crippen LogP contribution is 2.33. The van der Waals surface area contributed by atoms with Crippen LogP contribution in [-0.4, -0.2) is 38.3 Å². The summed E-state index contributed by atoms with van der Waals surface area (Å²) >= 11 is 0. The maximum atomic E-state index is 13.3. The Bertz CT molecular complexity index is 520. The van der Waals surface area contributed by atoms with E-state index in [1.165, 1.54) is 6.07 Å². The van der Waals surface area contributed by atoms with Crippen molar-refractivity contribution in [1.29, 1.82) is 0 Å². The summed E-state index contributed by atoms with van der Waals surface area (Å²) in [7, 11) is 0. The van der Waals surface area contributed by atoms with Crippen molar-refractivity contribution >= 4 is 0 Å². The Balaban J connectivity index is 1.51. The molecule has 2 saturated heterocycles. The number of hydrogen-bond donors (Lipinski definition) is 1. The Morgan fingerprint density at radius 3 is 2.77 bits per heavy atom. The Labute approximate surface area is 128 Å². The minimum Gasteiger partial charge on any atom is -0.381 e. The lowest BCUT2D eigenvalue weighted by atomic mass is 10.1. The zero-order valence-electron chi connectivity index (χ0n) is 12.6. The van der Waals surface area contributed by atoms with Gasteiger partial charge < -0.3 is 19.5 Å². The van der Waals surface area contributed by atoms with E-state index >= 15 is 0 Å². The molecule has 2 heterocycles. The molecule has 0 saturated carbocycles. The van der Waals surface area contributed by atoms with Crippen LogP contribution in [0.3, 0.4) is 0 Å². The van der Waals surface area contributed by atoms with Gasteiger partial charge in [0.1, 0.15) is 0 Å². The van der Waals surface area contributed by atoms with Crippen molar-refractivity contribution in [3.8, 4) is 0 Å². The maximum absolute atomic E-state index is 13.3. The van der Waals surface area contributed by atoms with E-state index in [1.807, 2.05) is 6.92 Å². The van der Waals surface area contributed by atoms with Crippen molar-refractivity contribution in [2.45, 2.75) is 37.7 Å². The molecule has 0 aliphatic carbocycles. The van der Waals surface area contributed by atoms with Crippen molar-refractivity contribution in [3.05, 3.63) is 35.4 Å². The summed E-state index contributed by atoms with van der Waals surface area (Å²) in [5.41, 5.74) is 0.707. The third-order valence-electron chi connectivity index (χ3n) is 4.26. The Morgan fingerprint density at radius 1 is 1.27 bits per heavy atom. The van der Waals surface area contributed by atoms with E-state index in [9.17, 15) is 8.78 Å². The molecular formula is C16H21F2NO3. The Morgan fingerprint density at radius 2 is 2.05 bits per heavy atom. The molecule has 1 aromatic carbocycles. The number of rotatable bonds is 4. The molecule has 1 aromatic rings. The van der Waals surface area contributed by atoms with Crippen LogP contribution < -0.4 is 5.32 Å². The van der Waals surface area contributed by atoms with Gasteiger partial charge in [0.15, 0.2) is 17.4 Å². The summed E-state index contributed by atoms with van der Waals surface area (Å²) in [6, 6.07) is 3.86. The first-order chi connectivity index (χ1) is 10.6. The Kier molecular flexibility index (Phi) is 4.73. The van der Waals surface area contributed by atoms with Crippen LogP contribution in [0.5, 0.6) is 0 Å². The van der Waals surface area contributed by atoms with Crippen LogP contribution in [0, 0.1) is 11.6 Å². The fourth-order valence-electron chi connectivity index (χ4n) is 2.87. The number of nitrogens with one attached hydrogen (secondary N) is 1. The average Bonchev–Trinajstić information content (AvgIpc) is 2.91. The van der Waals surface area contributed by atoms with Gasteiger partial charge in [-0.3, -0.25) is 0 Å². The lowest BCUT2D eigenvalue weighted by Gasteiger charge is -2.31. The molecular weight excluding hydrogens is 292 g/mol. The molecule has 122 valence electrons. The first-order valence-corrected chi connectivity index (χ1v) is 7.66. The molecule has 1 N–H and O–H groups in total. The van der Waals surface area contributed by atoms with Gasteiger partial charge in [-0.15, -0.1) is 0 Å². The van der Waals surface area contributed by atoms with E-state index in [2.05, 4.69) is 5.32 Å². The third kappa shape index (κ3) is 3.46. The number of hydrogen-bond acceptors (Lipinski definition) is 4. The molecule has 1 spiro atoms. The van der Waals surface area contributed by atoms with Gasteiger partial charge in [0, 0.05) is 25.4 Å². The van der Waals surface area contributed by atoms with Crippen LogP contribution in [0.4, 0.5) is 8.78 Å². The zero-order valence-corrected chi connectivity index (χ0v) is 12.6. The zero-order chi connectivity index (χ0) is 15.6. The predicted octanol–water partition coefficient (Wildman–Crippen LogP) is 2.54. The van der Waals surface area contributed by atoms with Crippen LogP contribution >= 0.6 is 0 Å². The van der Waals surface area contributed by atoms with Crippen molar-refractivity contribution in [1.82, 2.24) is 5.32 Å². The first-order valence-electron chi connectivity index (χ1n) is 7.66. The van der Waals surface area contributed by atoms with Crippen LogP contribution in [0.1, 0.15) is 31.4 Å². The van der Waals surface area contributed by atoms with E-state index in [4.69, 9.17) is 14.2 Å². The molecule has 2 aliphatic heterocycles. The second kappa shape index (κ2) is 6.58.